The highest BCUT2D eigenvalue weighted by Gasteiger charge is 2.37. The van der Waals surface area contributed by atoms with Crippen molar-refractivity contribution in [2.24, 2.45) is 5.73 Å². The van der Waals surface area contributed by atoms with E-state index in [1.54, 1.807) is 0 Å². The van der Waals surface area contributed by atoms with Crippen molar-refractivity contribution in [2.75, 3.05) is 7.11 Å². The number of hydrogen-bond donors (Lipinski definition) is 1. The van der Waals surface area contributed by atoms with Crippen molar-refractivity contribution in [1.82, 2.24) is 0 Å². The molecule has 0 aromatic heterocycles. The normalized spacial score (nSPS) is 10.9. The lowest BCUT2D eigenvalue weighted by Crippen LogP contribution is -2.18. The SMILES string of the molecule is COC(=O)Cc1c(CN)ccc(C#N)c1C(F)(F)F. The second-order valence-corrected chi connectivity index (χ2v) is 3.69. The van der Waals surface area contributed by atoms with E-state index in [0.717, 1.165) is 13.2 Å². The number of nitrogens with two attached hydrogens (primary N) is 1. The summed E-state index contributed by atoms with van der Waals surface area (Å²) < 4.78 is 43.4. The Labute approximate surface area is 107 Å². The van der Waals surface area contributed by atoms with Crippen molar-refractivity contribution < 1.29 is 22.7 Å². The number of ether oxygens (including phenoxy) is 1. The first kappa shape index (κ1) is 15.0. The fourth-order valence-electron chi connectivity index (χ4n) is 1.72. The van der Waals surface area contributed by atoms with Gasteiger partial charge in [-0.1, -0.05) is 6.07 Å². The van der Waals surface area contributed by atoms with E-state index < -0.39 is 29.7 Å². The molecule has 0 atom stereocenters. The van der Waals surface area contributed by atoms with Gasteiger partial charge in [0, 0.05) is 6.54 Å². The van der Waals surface area contributed by atoms with Crippen LogP contribution in [0.4, 0.5) is 13.2 Å². The molecule has 1 rings (SSSR count). The molecule has 0 unspecified atom stereocenters. The number of benzene rings is 1. The number of alkyl halides is 3. The highest BCUT2D eigenvalue weighted by Crippen LogP contribution is 2.36. The van der Waals surface area contributed by atoms with Gasteiger partial charge in [0.05, 0.1) is 30.7 Å². The van der Waals surface area contributed by atoms with Crippen LogP contribution in [0.15, 0.2) is 12.1 Å². The Morgan fingerprint density at radius 3 is 2.53 bits per heavy atom. The molecule has 1 aromatic rings. The molecule has 0 saturated heterocycles. The molecule has 0 aliphatic heterocycles. The quantitative estimate of drug-likeness (QED) is 0.850. The maximum atomic E-state index is 13.0. The summed E-state index contributed by atoms with van der Waals surface area (Å²) >= 11 is 0. The molecule has 2 N–H and O–H groups in total. The fourth-order valence-corrected chi connectivity index (χ4v) is 1.72. The van der Waals surface area contributed by atoms with E-state index in [1.807, 2.05) is 0 Å². The van der Waals surface area contributed by atoms with E-state index in [-0.39, 0.29) is 17.7 Å². The summed E-state index contributed by atoms with van der Waals surface area (Å²) in [5.41, 5.74) is 3.57. The standard InChI is InChI=1S/C12H11F3N2O2/c1-19-10(18)4-9-7(5-16)2-3-8(6-17)11(9)12(13,14)15/h2-3H,4-5,16H2,1H3. The number of nitrogens with zero attached hydrogens (tertiary/aromatic N) is 1. The minimum absolute atomic E-state index is 0.164. The van der Waals surface area contributed by atoms with Crippen LogP contribution in [0.5, 0.6) is 0 Å². The third kappa shape index (κ3) is 3.23. The van der Waals surface area contributed by atoms with Gasteiger partial charge in [-0.05, 0) is 17.2 Å². The minimum Gasteiger partial charge on any atom is -0.469 e. The number of rotatable bonds is 3. The van der Waals surface area contributed by atoms with Crippen LogP contribution >= 0.6 is 0 Å². The second kappa shape index (κ2) is 5.71. The highest BCUT2D eigenvalue weighted by molar-refractivity contribution is 5.74. The predicted octanol–water partition coefficient (Wildman–Crippen LogP) is 1.75. The summed E-state index contributed by atoms with van der Waals surface area (Å²) in [7, 11) is 1.08. The lowest BCUT2D eigenvalue weighted by molar-refractivity contribution is -0.141. The van der Waals surface area contributed by atoms with Crippen LogP contribution in [0.1, 0.15) is 22.3 Å². The van der Waals surface area contributed by atoms with Gasteiger partial charge in [0.2, 0.25) is 0 Å². The molecular formula is C12H11F3N2O2. The van der Waals surface area contributed by atoms with Crippen molar-refractivity contribution >= 4 is 5.97 Å². The van der Waals surface area contributed by atoms with Crippen molar-refractivity contribution in [3.63, 3.8) is 0 Å². The Bertz CT molecular complexity index is 533. The van der Waals surface area contributed by atoms with E-state index in [4.69, 9.17) is 11.0 Å². The average molecular weight is 272 g/mol. The molecule has 0 fully saturated rings. The van der Waals surface area contributed by atoms with Crippen molar-refractivity contribution in [1.29, 1.82) is 5.26 Å². The average Bonchev–Trinajstić information content (AvgIpc) is 2.36. The summed E-state index contributed by atoms with van der Waals surface area (Å²) in [6.45, 7) is -0.166. The number of nitriles is 1. The van der Waals surface area contributed by atoms with Crippen molar-refractivity contribution in [3.05, 3.63) is 34.4 Å². The van der Waals surface area contributed by atoms with Gasteiger partial charge < -0.3 is 10.5 Å². The Kier molecular flexibility index (Phi) is 4.51. The Hall–Kier alpha value is -2.07. The zero-order valence-corrected chi connectivity index (χ0v) is 10.0. The van der Waals surface area contributed by atoms with Crippen LogP contribution in [0.25, 0.3) is 0 Å². The lowest BCUT2D eigenvalue weighted by atomic mass is 9.93. The van der Waals surface area contributed by atoms with Crippen molar-refractivity contribution in [2.45, 2.75) is 19.1 Å². The fraction of sp³-hybridized carbons (Fsp3) is 0.333. The van der Waals surface area contributed by atoms with Gasteiger partial charge in [-0.2, -0.15) is 18.4 Å². The van der Waals surface area contributed by atoms with Gasteiger partial charge in [0.25, 0.3) is 0 Å². The lowest BCUT2D eigenvalue weighted by Gasteiger charge is -2.17. The van der Waals surface area contributed by atoms with Gasteiger partial charge in [0.1, 0.15) is 0 Å². The van der Waals surface area contributed by atoms with E-state index in [1.165, 1.54) is 12.1 Å². The summed E-state index contributed by atoms with van der Waals surface area (Å²) in [6.07, 6.45) is -5.31. The number of methoxy groups -OCH3 is 1. The van der Waals surface area contributed by atoms with Crippen LogP contribution in [0, 0.1) is 11.3 Å². The number of halogens is 3. The molecule has 102 valence electrons. The molecule has 0 heterocycles. The number of carbonyl (C=O) groups is 1. The van der Waals surface area contributed by atoms with Crippen LogP contribution in [0.2, 0.25) is 0 Å². The van der Waals surface area contributed by atoms with Gasteiger partial charge in [-0.25, -0.2) is 0 Å². The first-order valence-corrected chi connectivity index (χ1v) is 5.24. The molecule has 0 spiro atoms. The molecule has 0 amide bonds. The summed E-state index contributed by atoms with van der Waals surface area (Å²) in [6, 6.07) is 3.83. The van der Waals surface area contributed by atoms with Crippen LogP contribution in [-0.2, 0) is 28.7 Å². The molecule has 0 saturated carbocycles. The largest absolute Gasteiger partial charge is 0.469 e. The smallest absolute Gasteiger partial charge is 0.417 e. The third-order valence-corrected chi connectivity index (χ3v) is 2.58. The Morgan fingerprint density at radius 2 is 2.11 bits per heavy atom. The highest BCUT2D eigenvalue weighted by atomic mass is 19.4. The maximum Gasteiger partial charge on any atom is 0.417 e. The topological polar surface area (TPSA) is 76.1 Å². The van der Waals surface area contributed by atoms with Gasteiger partial charge >= 0.3 is 12.1 Å². The van der Waals surface area contributed by atoms with Crippen LogP contribution in [0.3, 0.4) is 0 Å². The number of hydrogen-bond acceptors (Lipinski definition) is 4. The van der Waals surface area contributed by atoms with Gasteiger partial charge in [-0.15, -0.1) is 0 Å². The van der Waals surface area contributed by atoms with Crippen LogP contribution < -0.4 is 5.73 Å². The molecule has 0 bridgehead atoms. The zero-order valence-electron chi connectivity index (χ0n) is 10.0. The predicted molar refractivity (Wildman–Crippen MR) is 59.8 cm³/mol. The first-order valence-electron chi connectivity index (χ1n) is 5.24. The summed E-state index contributed by atoms with van der Waals surface area (Å²) in [4.78, 5) is 11.2. The molecule has 0 radical (unpaired) electrons. The first-order chi connectivity index (χ1) is 8.85. The number of esters is 1. The summed E-state index contributed by atoms with van der Waals surface area (Å²) in [5.74, 6) is -0.824. The second-order valence-electron chi connectivity index (χ2n) is 3.69. The van der Waals surface area contributed by atoms with E-state index in [0.29, 0.717) is 0 Å². The molecule has 0 aliphatic carbocycles. The number of carbonyl (C=O) groups excluding carboxylic acids is 1. The molecule has 7 heteroatoms. The van der Waals surface area contributed by atoms with E-state index >= 15 is 0 Å². The van der Waals surface area contributed by atoms with Crippen LogP contribution in [-0.4, -0.2) is 13.1 Å². The van der Waals surface area contributed by atoms with E-state index in [2.05, 4.69) is 4.74 Å². The van der Waals surface area contributed by atoms with Gasteiger partial charge in [0.15, 0.2) is 0 Å². The third-order valence-electron chi connectivity index (χ3n) is 2.58. The molecule has 0 aliphatic rings. The molecular weight excluding hydrogens is 261 g/mol. The molecule has 1 aromatic carbocycles. The monoisotopic (exact) mass is 272 g/mol. The van der Waals surface area contributed by atoms with Crippen molar-refractivity contribution in [3.8, 4) is 6.07 Å². The molecule has 4 nitrogen and oxygen atoms in total. The maximum absolute atomic E-state index is 13.0. The minimum atomic E-state index is -4.74. The summed E-state index contributed by atoms with van der Waals surface area (Å²) in [5, 5.41) is 8.76. The van der Waals surface area contributed by atoms with Gasteiger partial charge in [-0.3, -0.25) is 4.79 Å². The molecule has 19 heavy (non-hydrogen) atoms. The Balaban J connectivity index is 3.53. The van der Waals surface area contributed by atoms with E-state index in [9.17, 15) is 18.0 Å². The zero-order chi connectivity index (χ0) is 14.6. The Morgan fingerprint density at radius 1 is 1.47 bits per heavy atom.